The maximum atomic E-state index is 13.5. The molecule has 0 unspecified atom stereocenters. The van der Waals surface area contributed by atoms with Gasteiger partial charge in [-0.2, -0.15) is 0 Å². The quantitative estimate of drug-likeness (QED) is 0.414. The van der Waals surface area contributed by atoms with E-state index in [-0.39, 0.29) is 23.9 Å². The number of anilines is 1. The van der Waals surface area contributed by atoms with Crippen LogP contribution >= 0.6 is 15.9 Å². The Balaban J connectivity index is 1.51. The second-order valence-electron chi connectivity index (χ2n) is 8.77. The summed E-state index contributed by atoms with van der Waals surface area (Å²) >= 11 is 3.37. The molecule has 0 aromatic heterocycles. The smallest absolute Gasteiger partial charge is 0.264 e. The lowest BCUT2D eigenvalue weighted by Gasteiger charge is -2.24. The molecule has 7 nitrogen and oxygen atoms in total. The lowest BCUT2D eigenvalue weighted by molar-refractivity contribution is -0.128. The minimum Gasteiger partial charge on any atom is -0.350 e. The third kappa shape index (κ3) is 6.14. The highest BCUT2D eigenvalue weighted by molar-refractivity contribution is 9.10. The van der Waals surface area contributed by atoms with Gasteiger partial charge in [0.1, 0.15) is 6.54 Å². The summed E-state index contributed by atoms with van der Waals surface area (Å²) in [5, 5.41) is 2.86. The van der Waals surface area contributed by atoms with Crippen molar-refractivity contribution in [1.82, 2.24) is 10.2 Å². The summed E-state index contributed by atoms with van der Waals surface area (Å²) in [6.45, 7) is 2.98. The van der Waals surface area contributed by atoms with E-state index in [1.165, 1.54) is 0 Å². The minimum atomic E-state index is -3.98. The predicted octanol–water partition coefficient (Wildman–Crippen LogP) is 4.39. The van der Waals surface area contributed by atoms with Crippen LogP contribution in [0, 0.1) is 6.92 Å². The molecule has 188 valence electrons. The molecule has 4 rings (SSSR count). The molecule has 3 aromatic rings. The number of nitrogens with one attached hydrogen (secondary N) is 1. The Morgan fingerprint density at radius 1 is 1.00 bits per heavy atom. The van der Waals surface area contributed by atoms with Crippen molar-refractivity contribution in [3.63, 3.8) is 0 Å². The van der Waals surface area contributed by atoms with Crippen molar-refractivity contribution in [3.05, 3.63) is 94.0 Å². The first-order valence-corrected chi connectivity index (χ1v) is 13.9. The van der Waals surface area contributed by atoms with E-state index in [4.69, 9.17) is 0 Å². The highest BCUT2D eigenvalue weighted by atomic mass is 79.9. The summed E-state index contributed by atoms with van der Waals surface area (Å²) < 4.78 is 28.9. The average molecular weight is 571 g/mol. The van der Waals surface area contributed by atoms with Crippen LogP contribution in [0.2, 0.25) is 0 Å². The first kappa shape index (κ1) is 25.9. The lowest BCUT2D eigenvalue weighted by Crippen LogP contribution is -2.40. The fourth-order valence-corrected chi connectivity index (χ4v) is 5.79. The Hall–Kier alpha value is -3.17. The molecule has 0 radical (unpaired) electrons. The van der Waals surface area contributed by atoms with Crippen LogP contribution in [0.15, 0.2) is 82.2 Å². The number of aryl methyl sites for hydroxylation is 1. The molecule has 0 aliphatic carbocycles. The maximum absolute atomic E-state index is 13.5. The van der Waals surface area contributed by atoms with E-state index in [1.54, 1.807) is 48.5 Å². The van der Waals surface area contributed by atoms with Gasteiger partial charge in [-0.3, -0.25) is 13.9 Å². The normalized spacial score (nSPS) is 13.6. The Morgan fingerprint density at radius 3 is 2.31 bits per heavy atom. The number of carbonyl (C=O) groups is 2. The van der Waals surface area contributed by atoms with Gasteiger partial charge >= 0.3 is 0 Å². The summed E-state index contributed by atoms with van der Waals surface area (Å²) in [5.74, 6) is -0.291. The van der Waals surface area contributed by atoms with Crippen molar-refractivity contribution in [1.29, 1.82) is 0 Å². The van der Waals surface area contributed by atoms with Crippen molar-refractivity contribution in [2.75, 3.05) is 17.4 Å². The fourth-order valence-electron chi connectivity index (χ4n) is 4.10. The zero-order valence-corrected chi connectivity index (χ0v) is 22.4. The lowest BCUT2D eigenvalue weighted by atomic mass is 10.1. The first-order valence-electron chi connectivity index (χ1n) is 11.7. The maximum Gasteiger partial charge on any atom is 0.264 e. The first-order chi connectivity index (χ1) is 17.2. The predicted molar refractivity (Wildman–Crippen MR) is 143 cm³/mol. The van der Waals surface area contributed by atoms with Gasteiger partial charge in [-0.25, -0.2) is 8.42 Å². The van der Waals surface area contributed by atoms with Crippen molar-refractivity contribution >= 4 is 43.5 Å². The van der Waals surface area contributed by atoms with Gasteiger partial charge in [0.2, 0.25) is 11.8 Å². The van der Waals surface area contributed by atoms with Crippen molar-refractivity contribution in [3.8, 4) is 0 Å². The van der Waals surface area contributed by atoms with Gasteiger partial charge in [-0.05, 0) is 60.9 Å². The number of halogens is 1. The van der Waals surface area contributed by atoms with Crippen LogP contribution in [0.1, 0.15) is 29.5 Å². The molecule has 9 heteroatoms. The van der Waals surface area contributed by atoms with E-state index >= 15 is 0 Å². The molecule has 1 saturated heterocycles. The zero-order chi connectivity index (χ0) is 25.7. The largest absolute Gasteiger partial charge is 0.350 e. The van der Waals surface area contributed by atoms with Gasteiger partial charge in [-0.1, -0.05) is 57.9 Å². The van der Waals surface area contributed by atoms with Gasteiger partial charge in [0.15, 0.2) is 0 Å². The van der Waals surface area contributed by atoms with E-state index in [9.17, 15) is 18.0 Å². The van der Waals surface area contributed by atoms with E-state index in [0.717, 1.165) is 38.4 Å². The average Bonchev–Trinajstić information content (AvgIpc) is 3.27. The molecule has 0 spiro atoms. The Kier molecular flexibility index (Phi) is 8.11. The summed E-state index contributed by atoms with van der Waals surface area (Å²) in [5.41, 5.74) is 3.19. The Bertz CT molecular complexity index is 1340. The molecule has 1 aliphatic rings. The fraction of sp³-hybridized carbons (Fsp3) is 0.259. The third-order valence-electron chi connectivity index (χ3n) is 6.14. The number of rotatable bonds is 9. The molecule has 3 aromatic carbocycles. The van der Waals surface area contributed by atoms with Crippen LogP contribution in [0.25, 0.3) is 0 Å². The molecule has 0 bridgehead atoms. The van der Waals surface area contributed by atoms with E-state index in [0.29, 0.717) is 18.7 Å². The number of benzene rings is 3. The topological polar surface area (TPSA) is 86.8 Å². The highest BCUT2D eigenvalue weighted by Gasteiger charge is 2.27. The van der Waals surface area contributed by atoms with E-state index in [2.05, 4.69) is 21.2 Å². The van der Waals surface area contributed by atoms with Crippen molar-refractivity contribution in [2.24, 2.45) is 0 Å². The van der Waals surface area contributed by atoms with Crippen LogP contribution in [0.4, 0.5) is 5.69 Å². The van der Waals surface area contributed by atoms with Crippen LogP contribution in [-0.4, -0.2) is 38.2 Å². The summed E-state index contributed by atoms with van der Waals surface area (Å²) in [6.07, 6.45) is 1.43. The molecule has 2 amide bonds. The Morgan fingerprint density at radius 2 is 1.67 bits per heavy atom. The summed E-state index contributed by atoms with van der Waals surface area (Å²) in [4.78, 5) is 27.0. The molecule has 36 heavy (non-hydrogen) atoms. The van der Waals surface area contributed by atoms with Crippen LogP contribution < -0.4 is 9.62 Å². The minimum absolute atomic E-state index is 0.115. The van der Waals surface area contributed by atoms with Gasteiger partial charge in [0.25, 0.3) is 10.0 Å². The number of hydrogen-bond donors (Lipinski definition) is 1. The van der Waals surface area contributed by atoms with Gasteiger partial charge in [0.05, 0.1) is 10.6 Å². The monoisotopic (exact) mass is 569 g/mol. The molecule has 1 N–H and O–H groups in total. The number of hydrogen-bond acceptors (Lipinski definition) is 4. The molecular formula is C27H28BrN3O4S. The van der Waals surface area contributed by atoms with Crippen LogP contribution in [-0.2, 0) is 32.7 Å². The molecular weight excluding hydrogens is 542 g/mol. The molecule has 0 atom stereocenters. The third-order valence-corrected chi connectivity index (χ3v) is 8.45. The molecule has 1 heterocycles. The van der Waals surface area contributed by atoms with Crippen molar-refractivity contribution < 1.29 is 18.0 Å². The standard InChI is InChI=1S/C27H28BrN3O4S/c1-20-8-14-25(15-9-20)36(34,35)31(24-12-10-23(28)11-13-24)19-26(32)29-17-21-5-2-3-6-22(21)18-30-16-4-7-27(30)33/h2-3,5-6,8-15H,4,7,16-19H2,1H3,(H,29,32). The zero-order valence-electron chi connectivity index (χ0n) is 20.0. The van der Waals surface area contributed by atoms with Crippen molar-refractivity contribution in [2.45, 2.75) is 37.8 Å². The number of sulfonamides is 1. The van der Waals surface area contributed by atoms with Gasteiger partial charge < -0.3 is 10.2 Å². The second kappa shape index (κ2) is 11.3. The van der Waals surface area contributed by atoms with E-state index in [1.807, 2.05) is 36.1 Å². The van der Waals surface area contributed by atoms with Crippen LogP contribution in [0.5, 0.6) is 0 Å². The number of amides is 2. The number of carbonyl (C=O) groups excluding carboxylic acids is 2. The second-order valence-corrected chi connectivity index (χ2v) is 11.5. The van der Waals surface area contributed by atoms with E-state index < -0.39 is 15.9 Å². The van der Waals surface area contributed by atoms with Crippen LogP contribution in [0.3, 0.4) is 0 Å². The summed E-state index contributed by atoms with van der Waals surface area (Å²) in [6, 6.07) is 21.0. The van der Waals surface area contributed by atoms with Gasteiger partial charge in [0, 0.05) is 30.5 Å². The van der Waals surface area contributed by atoms with Gasteiger partial charge in [-0.15, -0.1) is 0 Å². The number of likely N-dealkylation sites (tertiary alicyclic amines) is 1. The molecule has 1 aliphatic heterocycles. The SMILES string of the molecule is Cc1ccc(S(=O)(=O)N(CC(=O)NCc2ccccc2CN2CCCC2=O)c2ccc(Br)cc2)cc1. The summed E-state index contributed by atoms with van der Waals surface area (Å²) in [7, 11) is -3.98. The highest BCUT2D eigenvalue weighted by Crippen LogP contribution is 2.25. The molecule has 0 saturated carbocycles. The number of nitrogens with zero attached hydrogens (tertiary/aromatic N) is 2. The Labute approximate surface area is 220 Å². The molecule has 1 fully saturated rings.